The standard InChI is InChI=1S/C9H11N5O2/c10-7-1-4-14(12-7)6-5-13-3-2-8(15)11-9(13)16/h1-4H,5-6H2,(H2,10,12)(H,11,15,16). The van der Waals surface area contributed by atoms with Crippen LogP contribution in [-0.2, 0) is 13.1 Å². The van der Waals surface area contributed by atoms with Gasteiger partial charge in [-0.3, -0.25) is 19.0 Å². The smallest absolute Gasteiger partial charge is 0.328 e. The summed E-state index contributed by atoms with van der Waals surface area (Å²) in [5.74, 6) is 0.439. The van der Waals surface area contributed by atoms with Crippen LogP contribution in [0.4, 0.5) is 5.82 Å². The van der Waals surface area contributed by atoms with Gasteiger partial charge in [-0.05, 0) is 6.07 Å². The van der Waals surface area contributed by atoms with Gasteiger partial charge in [0.05, 0.1) is 6.54 Å². The third kappa shape index (κ3) is 2.19. The molecule has 2 aromatic rings. The summed E-state index contributed by atoms with van der Waals surface area (Å²) in [4.78, 5) is 24.3. The van der Waals surface area contributed by atoms with Crippen LogP contribution in [0.25, 0.3) is 0 Å². The summed E-state index contributed by atoms with van der Waals surface area (Å²) in [6.07, 6.45) is 3.18. The number of aromatic amines is 1. The Morgan fingerprint density at radius 3 is 2.69 bits per heavy atom. The number of rotatable bonds is 3. The minimum absolute atomic E-state index is 0.399. The average Bonchev–Trinajstić information content (AvgIpc) is 2.63. The Morgan fingerprint density at radius 1 is 1.25 bits per heavy atom. The molecular formula is C9H11N5O2. The van der Waals surface area contributed by atoms with Gasteiger partial charge in [-0.25, -0.2) is 4.79 Å². The molecule has 0 spiro atoms. The van der Waals surface area contributed by atoms with Crippen molar-refractivity contribution in [2.45, 2.75) is 13.1 Å². The second kappa shape index (κ2) is 4.05. The number of aryl methyl sites for hydroxylation is 2. The van der Waals surface area contributed by atoms with Gasteiger partial charge in [0.1, 0.15) is 5.82 Å². The highest BCUT2D eigenvalue weighted by Crippen LogP contribution is 1.95. The van der Waals surface area contributed by atoms with Crippen molar-refractivity contribution in [3.8, 4) is 0 Å². The summed E-state index contributed by atoms with van der Waals surface area (Å²) < 4.78 is 3.03. The van der Waals surface area contributed by atoms with Crippen LogP contribution < -0.4 is 17.0 Å². The van der Waals surface area contributed by atoms with E-state index in [0.29, 0.717) is 18.9 Å². The first kappa shape index (κ1) is 10.2. The minimum Gasteiger partial charge on any atom is -0.382 e. The second-order valence-electron chi connectivity index (χ2n) is 3.31. The molecule has 2 heterocycles. The molecule has 0 saturated heterocycles. The van der Waals surface area contributed by atoms with Gasteiger partial charge in [0.15, 0.2) is 0 Å². The first-order valence-electron chi connectivity index (χ1n) is 4.74. The lowest BCUT2D eigenvalue weighted by Gasteiger charge is -2.04. The Labute approximate surface area is 90.1 Å². The number of anilines is 1. The number of H-pyrrole nitrogens is 1. The maximum atomic E-state index is 11.3. The largest absolute Gasteiger partial charge is 0.382 e. The van der Waals surface area contributed by atoms with E-state index in [2.05, 4.69) is 10.1 Å². The molecule has 0 atom stereocenters. The molecular weight excluding hydrogens is 210 g/mol. The molecule has 0 bridgehead atoms. The molecule has 7 nitrogen and oxygen atoms in total. The van der Waals surface area contributed by atoms with Gasteiger partial charge in [0.2, 0.25) is 0 Å². The number of nitrogens with two attached hydrogens (primary N) is 1. The van der Waals surface area contributed by atoms with Gasteiger partial charge in [-0.2, -0.15) is 5.10 Å². The fourth-order valence-electron chi connectivity index (χ4n) is 1.33. The quantitative estimate of drug-likeness (QED) is 0.695. The number of nitrogens with one attached hydrogen (secondary N) is 1. The van der Waals surface area contributed by atoms with Crippen LogP contribution in [0.2, 0.25) is 0 Å². The topological polar surface area (TPSA) is 98.7 Å². The summed E-state index contributed by atoms with van der Waals surface area (Å²) in [7, 11) is 0. The normalized spacial score (nSPS) is 10.5. The van der Waals surface area contributed by atoms with E-state index in [1.165, 1.54) is 16.8 Å². The summed E-state index contributed by atoms with van der Waals surface area (Å²) >= 11 is 0. The average molecular weight is 221 g/mol. The van der Waals surface area contributed by atoms with E-state index in [0.717, 1.165) is 0 Å². The van der Waals surface area contributed by atoms with Crippen molar-refractivity contribution >= 4 is 5.82 Å². The van der Waals surface area contributed by atoms with Crippen molar-refractivity contribution in [2.75, 3.05) is 5.73 Å². The van der Waals surface area contributed by atoms with E-state index in [1.807, 2.05) is 0 Å². The molecule has 0 aliphatic carbocycles. The lowest BCUT2D eigenvalue weighted by atomic mass is 10.5. The SMILES string of the molecule is Nc1ccn(CCn2ccc(=O)[nH]c2=O)n1. The van der Waals surface area contributed by atoms with Crippen LogP contribution in [0.3, 0.4) is 0 Å². The zero-order valence-electron chi connectivity index (χ0n) is 8.46. The van der Waals surface area contributed by atoms with E-state index < -0.39 is 11.2 Å². The van der Waals surface area contributed by atoms with E-state index in [-0.39, 0.29) is 0 Å². The highest BCUT2D eigenvalue weighted by atomic mass is 16.2. The van der Waals surface area contributed by atoms with Gasteiger partial charge in [0.25, 0.3) is 5.56 Å². The molecule has 0 amide bonds. The third-order valence-electron chi connectivity index (χ3n) is 2.13. The second-order valence-corrected chi connectivity index (χ2v) is 3.31. The predicted octanol–water partition coefficient (Wildman–Crippen LogP) is -0.985. The molecule has 2 aromatic heterocycles. The molecule has 2 rings (SSSR count). The molecule has 0 aliphatic rings. The Kier molecular flexibility index (Phi) is 2.59. The minimum atomic E-state index is -0.423. The van der Waals surface area contributed by atoms with E-state index >= 15 is 0 Å². The molecule has 0 unspecified atom stereocenters. The summed E-state index contributed by atoms with van der Waals surface area (Å²) in [6, 6.07) is 2.98. The van der Waals surface area contributed by atoms with Crippen LogP contribution >= 0.6 is 0 Å². The first-order valence-corrected chi connectivity index (χ1v) is 4.74. The Balaban J connectivity index is 2.10. The van der Waals surface area contributed by atoms with Crippen LogP contribution in [0.5, 0.6) is 0 Å². The van der Waals surface area contributed by atoms with Crippen molar-refractivity contribution in [3.05, 3.63) is 45.4 Å². The number of hydrogen-bond acceptors (Lipinski definition) is 4. The van der Waals surface area contributed by atoms with Crippen LogP contribution in [0.15, 0.2) is 34.1 Å². The summed E-state index contributed by atoms with van der Waals surface area (Å²) in [5, 5.41) is 3.98. The fourth-order valence-corrected chi connectivity index (χ4v) is 1.33. The monoisotopic (exact) mass is 221 g/mol. The number of aromatic nitrogens is 4. The van der Waals surface area contributed by atoms with Crippen LogP contribution in [0, 0.1) is 0 Å². The lowest BCUT2D eigenvalue weighted by molar-refractivity contribution is 0.517. The summed E-state index contributed by atoms with van der Waals surface area (Å²) in [5.41, 5.74) is 4.63. The molecule has 0 radical (unpaired) electrons. The van der Waals surface area contributed by atoms with Gasteiger partial charge < -0.3 is 5.73 Å². The van der Waals surface area contributed by atoms with Crippen LogP contribution in [0.1, 0.15) is 0 Å². The van der Waals surface area contributed by atoms with Crippen molar-refractivity contribution in [3.63, 3.8) is 0 Å². The summed E-state index contributed by atoms with van der Waals surface area (Å²) in [6.45, 7) is 0.944. The zero-order valence-corrected chi connectivity index (χ0v) is 8.46. The predicted molar refractivity (Wildman–Crippen MR) is 58.0 cm³/mol. The Bertz CT molecular complexity index is 594. The fraction of sp³-hybridized carbons (Fsp3) is 0.222. The molecule has 0 aliphatic heterocycles. The van der Waals surface area contributed by atoms with Crippen molar-refractivity contribution < 1.29 is 0 Å². The van der Waals surface area contributed by atoms with E-state index in [9.17, 15) is 9.59 Å². The molecule has 84 valence electrons. The van der Waals surface area contributed by atoms with Crippen LogP contribution in [-0.4, -0.2) is 19.3 Å². The molecule has 16 heavy (non-hydrogen) atoms. The van der Waals surface area contributed by atoms with Crippen molar-refractivity contribution in [2.24, 2.45) is 0 Å². The lowest BCUT2D eigenvalue weighted by Crippen LogP contribution is -2.29. The van der Waals surface area contributed by atoms with Crippen molar-refractivity contribution in [1.82, 2.24) is 19.3 Å². The number of hydrogen-bond donors (Lipinski definition) is 2. The number of nitrogens with zero attached hydrogens (tertiary/aromatic N) is 3. The number of nitrogen functional groups attached to an aromatic ring is 1. The molecule has 0 aromatic carbocycles. The van der Waals surface area contributed by atoms with Gasteiger partial charge in [0, 0.05) is 25.0 Å². The van der Waals surface area contributed by atoms with E-state index in [4.69, 9.17) is 5.73 Å². The van der Waals surface area contributed by atoms with Gasteiger partial charge >= 0.3 is 5.69 Å². The first-order chi connectivity index (χ1) is 7.65. The highest BCUT2D eigenvalue weighted by molar-refractivity contribution is 5.23. The maximum Gasteiger partial charge on any atom is 0.328 e. The highest BCUT2D eigenvalue weighted by Gasteiger charge is 1.98. The van der Waals surface area contributed by atoms with E-state index in [1.54, 1.807) is 16.9 Å². The molecule has 0 fully saturated rings. The zero-order chi connectivity index (χ0) is 11.5. The van der Waals surface area contributed by atoms with Gasteiger partial charge in [-0.1, -0.05) is 0 Å². The Hall–Kier alpha value is -2.31. The van der Waals surface area contributed by atoms with Gasteiger partial charge in [-0.15, -0.1) is 0 Å². The molecule has 3 N–H and O–H groups in total. The van der Waals surface area contributed by atoms with Crippen molar-refractivity contribution in [1.29, 1.82) is 0 Å². The maximum absolute atomic E-state index is 11.3. The molecule has 0 saturated carbocycles. The third-order valence-corrected chi connectivity index (χ3v) is 2.13. The molecule has 7 heteroatoms. The Morgan fingerprint density at radius 2 is 2.06 bits per heavy atom.